The lowest BCUT2D eigenvalue weighted by molar-refractivity contribution is 0.284. The number of ether oxygens (including phenoxy) is 2. The summed E-state index contributed by atoms with van der Waals surface area (Å²) < 4.78 is 11.2. The van der Waals surface area contributed by atoms with E-state index in [1.165, 1.54) is 0 Å². The molecule has 0 spiro atoms. The van der Waals surface area contributed by atoms with Crippen LogP contribution in [0.15, 0.2) is 48.5 Å². The second kappa shape index (κ2) is 8.55. The Morgan fingerprint density at radius 1 is 1.00 bits per heavy atom. The van der Waals surface area contributed by atoms with Crippen molar-refractivity contribution in [3.63, 3.8) is 0 Å². The van der Waals surface area contributed by atoms with Crippen molar-refractivity contribution in [2.75, 3.05) is 7.11 Å². The first-order valence-corrected chi connectivity index (χ1v) is 6.78. The highest BCUT2D eigenvalue weighted by Crippen LogP contribution is 2.29. The van der Waals surface area contributed by atoms with Crippen molar-refractivity contribution in [1.82, 2.24) is 0 Å². The normalized spacial score (nSPS) is 11.4. The summed E-state index contributed by atoms with van der Waals surface area (Å²) in [7, 11) is 1.65. The van der Waals surface area contributed by atoms with E-state index >= 15 is 0 Å². The van der Waals surface area contributed by atoms with Gasteiger partial charge in [0.25, 0.3) is 0 Å². The molecule has 2 aromatic rings. The van der Waals surface area contributed by atoms with E-state index in [4.69, 9.17) is 15.2 Å². The minimum atomic E-state index is 0. The first kappa shape index (κ1) is 17.3. The molecule has 0 amide bonds. The Kier molecular flexibility index (Phi) is 7.06. The van der Waals surface area contributed by atoms with Crippen LogP contribution in [0.3, 0.4) is 0 Å². The van der Waals surface area contributed by atoms with Gasteiger partial charge in [-0.2, -0.15) is 0 Å². The number of nitrogens with two attached hydrogens (primary N) is 1. The molecule has 0 saturated heterocycles. The summed E-state index contributed by atoms with van der Waals surface area (Å²) in [6, 6.07) is 16.2. The van der Waals surface area contributed by atoms with Crippen molar-refractivity contribution in [1.29, 1.82) is 0 Å². The molecular formula is C17H22ClNO2. The summed E-state index contributed by atoms with van der Waals surface area (Å²) in [4.78, 5) is 0. The monoisotopic (exact) mass is 307 g/mol. The second-order valence-corrected chi connectivity index (χ2v) is 4.94. The van der Waals surface area contributed by atoms with Crippen molar-refractivity contribution in [2.24, 2.45) is 5.73 Å². The molecule has 3 nitrogen and oxygen atoms in total. The van der Waals surface area contributed by atoms with E-state index in [0.29, 0.717) is 6.61 Å². The van der Waals surface area contributed by atoms with Crippen molar-refractivity contribution in [2.45, 2.75) is 26.0 Å². The van der Waals surface area contributed by atoms with Crippen LogP contribution in [0.2, 0.25) is 0 Å². The van der Waals surface area contributed by atoms with Gasteiger partial charge in [-0.1, -0.05) is 36.4 Å². The Hall–Kier alpha value is -1.71. The van der Waals surface area contributed by atoms with Crippen LogP contribution in [0, 0.1) is 0 Å². The number of methoxy groups -OCH3 is 1. The minimum absolute atomic E-state index is 0. The highest BCUT2D eigenvalue weighted by molar-refractivity contribution is 5.85. The van der Waals surface area contributed by atoms with Crippen LogP contribution in [-0.4, -0.2) is 13.2 Å². The summed E-state index contributed by atoms with van der Waals surface area (Å²) in [5, 5.41) is 0. The van der Waals surface area contributed by atoms with E-state index in [1.54, 1.807) is 7.11 Å². The molecule has 0 fully saturated rings. The lowest BCUT2D eigenvalue weighted by Gasteiger charge is -2.13. The first-order valence-electron chi connectivity index (χ1n) is 6.78. The SMILES string of the molecule is COc1ccc(CC(C)N)cc1OCc1ccccc1.Cl. The molecule has 114 valence electrons. The van der Waals surface area contributed by atoms with E-state index in [0.717, 1.165) is 29.0 Å². The molecule has 21 heavy (non-hydrogen) atoms. The van der Waals surface area contributed by atoms with Crippen LogP contribution in [0.25, 0.3) is 0 Å². The number of halogens is 1. The molecule has 2 N–H and O–H groups in total. The molecule has 2 rings (SSSR count). The Balaban J connectivity index is 0.00000220. The summed E-state index contributed by atoms with van der Waals surface area (Å²) in [6.45, 7) is 2.52. The van der Waals surface area contributed by atoms with Gasteiger partial charge >= 0.3 is 0 Å². The average Bonchev–Trinajstić information content (AvgIpc) is 2.46. The highest BCUT2D eigenvalue weighted by Gasteiger charge is 2.07. The lowest BCUT2D eigenvalue weighted by atomic mass is 10.1. The smallest absolute Gasteiger partial charge is 0.161 e. The summed E-state index contributed by atoms with van der Waals surface area (Å²) in [5.74, 6) is 1.50. The van der Waals surface area contributed by atoms with Crippen LogP contribution in [-0.2, 0) is 13.0 Å². The van der Waals surface area contributed by atoms with E-state index in [-0.39, 0.29) is 18.4 Å². The first-order chi connectivity index (χ1) is 9.69. The molecule has 0 heterocycles. The maximum Gasteiger partial charge on any atom is 0.161 e. The summed E-state index contributed by atoms with van der Waals surface area (Å²) >= 11 is 0. The Morgan fingerprint density at radius 3 is 2.33 bits per heavy atom. The zero-order chi connectivity index (χ0) is 14.4. The predicted molar refractivity (Wildman–Crippen MR) is 88.4 cm³/mol. The quantitative estimate of drug-likeness (QED) is 0.887. The molecule has 0 aliphatic carbocycles. The fourth-order valence-electron chi connectivity index (χ4n) is 2.07. The van der Waals surface area contributed by atoms with E-state index in [1.807, 2.05) is 55.5 Å². The largest absolute Gasteiger partial charge is 0.493 e. The number of hydrogen-bond donors (Lipinski definition) is 1. The topological polar surface area (TPSA) is 44.5 Å². The van der Waals surface area contributed by atoms with Gasteiger partial charge in [-0.15, -0.1) is 12.4 Å². The summed E-state index contributed by atoms with van der Waals surface area (Å²) in [6.07, 6.45) is 0.825. The van der Waals surface area contributed by atoms with Crippen LogP contribution in [0.5, 0.6) is 11.5 Å². The fourth-order valence-corrected chi connectivity index (χ4v) is 2.07. The van der Waals surface area contributed by atoms with Gasteiger partial charge in [0.15, 0.2) is 11.5 Å². The standard InChI is InChI=1S/C17H21NO2.ClH/c1-13(18)10-15-8-9-16(19-2)17(11-15)20-12-14-6-4-3-5-7-14;/h3-9,11,13H,10,12,18H2,1-2H3;1H. The van der Waals surface area contributed by atoms with E-state index < -0.39 is 0 Å². The molecule has 1 atom stereocenters. The van der Waals surface area contributed by atoms with Gasteiger partial charge in [0.1, 0.15) is 6.61 Å². The molecule has 0 saturated carbocycles. The van der Waals surface area contributed by atoms with Crippen molar-refractivity contribution < 1.29 is 9.47 Å². The van der Waals surface area contributed by atoms with Crippen molar-refractivity contribution in [3.05, 3.63) is 59.7 Å². The fraction of sp³-hybridized carbons (Fsp3) is 0.294. The second-order valence-electron chi connectivity index (χ2n) is 4.94. The van der Waals surface area contributed by atoms with E-state index in [2.05, 4.69) is 0 Å². The molecule has 0 aliphatic heterocycles. The van der Waals surface area contributed by atoms with Gasteiger partial charge in [0.05, 0.1) is 7.11 Å². The third kappa shape index (κ3) is 5.29. The molecule has 0 radical (unpaired) electrons. The van der Waals surface area contributed by atoms with Crippen LogP contribution in [0.4, 0.5) is 0 Å². The third-order valence-corrected chi connectivity index (χ3v) is 3.02. The highest BCUT2D eigenvalue weighted by atomic mass is 35.5. The Morgan fingerprint density at radius 2 is 1.71 bits per heavy atom. The lowest BCUT2D eigenvalue weighted by Crippen LogP contribution is -2.17. The van der Waals surface area contributed by atoms with Gasteiger partial charge in [0.2, 0.25) is 0 Å². The molecular weight excluding hydrogens is 286 g/mol. The average molecular weight is 308 g/mol. The molecule has 0 bridgehead atoms. The Labute approximate surface area is 132 Å². The van der Waals surface area contributed by atoms with Crippen molar-refractivity contribution in [3.8, 4) is 11.5 Å². The van der Waals surface area contributed by atoms with Crippen LogP contribution >= 0.6 is 12.4 Å². The van der Waals surface area contributed by atoms with Crippen molar-refractivity contribution >= 4 is 12.4 Å². The molecule has 0 aliphatic rings. The molecule has 4 heteroatoms. The maximum atomic E-state index is 5.87. The predicted octanol–water partition coefficient (Wildman–Crippen LogP) is 3.59. The minimum Gasteiger partial charge on any atom is -0.493 e. The van der Waals surface area contributed by atoms with Crippen LogP contribution < -0.4 is 15.2 Å². The number of hydrogen-bond acceptors (Lipinski definition) is 3. The van der Waals surface area contributed by atoms with Gasteiger partial charge < -0.3 is 15.2 Å². The van der Waals surface area contributed by atoms with E-state index in [9.17, 15) is 0 Å². The molecule has 0 aromatic heterocycles. The van der Waals surface area contributed by atoms with Gasteiger partial charge in [-0.05, 0) is 36.6 Å². The zero-order valence-corrected chi connectivity index (χ0v) is 13.2. The maximum absolute atomic E-state index is 5.87. The summed E-state index contributed by atoms with van der Waals surface area (Å²) in [5.41, 5.74) is 8.13. The van der Waals surface area contributed by atoms with Crippen LogP contribution in [0.1, 0.15) is 18.1 Å². The molecule has 2 aromatic carbocycles. The van der Waals surface area contributed by atoms with Gasteiger partial charge in [-0.3, -0.25) is 0 Å². The van der Waals surface area contributed by atoms with Gasteiger partial charge in [-0.25, -0.2) is 0 Å². The number of rotatable bonds is 6. The Bertz CT molecular complexity index is 544. The third-order valence-electron chi connectivity index (χ3n) is 3.02. The molecule has 1 unspecified atom stereocenters. The van der Waals surface area contributed by atoms with Gasteiger partial charge in [0, 0.05) is 6.04 Å². The number of benzene rings is 2. The zero-order valence-electron chi connectivity index (χ0n) is 12.4.